The Morgan fingerprint density at radius 3 is 2.71 bits per heavy atom. The van der Waals surface area contributed by atoms with Crippen molar-refractivity contribution in [2.24, 2.45) is 0 Å². The van der Waals surface area contributed by atoms with Crippen LogP contribution in [0.3, 0.4) is 0 Å². The molecule has 2 rings (SSSR count). The van der Waals surface area contributed by atoms with E-state index < -0.39 is 11.7 Å². The number of ether oxygens (including phenoxy) is 2. The zero-order chi connectivity index (χ0) is 12.6. The number of aryl methyl sites for hydroxylation is 2. The van der Waals surface area contributed by atoms with E-state index in [0.29, 0.717) is 6.61 Å². The van der Waals surface area contributed by atoms with Crippen LogP contribution >= 0.6 is 0 Å². The standard InChI is InChI=1S/C14H18O3/c1-5-16-13(15)12-14(4,17-12)11-7-6-9(2)10(3)8-11/h6-8,12H,5H2,1-4H3. The molecule has 0 saturated carbocycles. The Morgan fingerprint density at radius 1 is 1.41 bits per heavy atom. The Hall–Kier alpha value is -1.35. The predicted molar refractivity (Wildman–Crippen MR) is 64.8 cm³/mol. The van der Waals surface area contributed by atoms with Gasteiger partial charge in [-0.1, -0.05) is 18.2 Å². The fourth-order valence-electron chi connectivity index (χ4n) is 1.97. The van der Waals surface area contributed by atoms with E-state index in [1.54, 1.807) is 6.92 Å². The van der Waals surface area contributed by atoms with Gasteiger partial charge in [-0.2, -0.15) is 0 Å². The van der Waals surface area contributed by atoms with Gasteiger partial charge in [-0.25, -0.2) is 4.79 Å². The van der Waals surface area contributed by atoms with Crippen LogP contribution < -0.4 is 0 Å². The van der Waals surface area contributed by atoms with Gasteiger partial charge in [0.15, 0.2) is 6.10 Å². The van der Waals surface area contributed by atoms with Gasteiger partial charge in [0, 0.05) is 0 Å². The Labute approximate surface area is 102 Å². The van der Waals surface area contributed by atoms with E-state index in [1.165, 1.54) is 11.1 Å². The predicted octanol–water partition coefficient (Wildman–Crippen LogP) is 2.48. The summed E-state index contributed by atoms with van der Waals surface area (Å²) in [5.41, 5.74) is 2.98. The molecule has 1 aliphatic heterocycles. The molecule has 2 unspecified atom stereocenters. The van der Waals surface area contributed by atoms with Gasteiger partial charge in [0.25, 0.3) is 0 Å². The number of esters is 1. The number of epoxide rings is 1. The molecule has 1 aromatic carbocycles. The summed E-state index contributed by atoms with van der Waals surface area (Å²) in [7, 11) is 0. The van der Waals surface area contributed by atoms with Crippen molar-refractivity contribution in [3.63, 3.8) is 0 Å². The molecule has 0 amide bonds. The normalized spacial score (nSPS) is 26.7. The Bertz CT molecular complexity index is 453. The smallest absolute Gasteiger partial charge is 0.338 e. The largest absolute Gasteiger partial charge is 0.464 e. The molecular weight excluding hydrogens is 216 g/mol. The van der Waals surface area contributed by atoms with Crippen LogP contribution in [0.15, 0.2) is 18.2 Å². The fraction of sp³-hybridized carbons (Fsp3) is 0.500. The van der Waals surface area contributed by atoms with E-state index >= 15 is 0 Å². The molecule has 0 N–H and O–H groups in total. The SMILES string of the molecule is CCOC(=O)C1OC1(C)c1ccc(C)c(C)c1. The monoisotopic (exact) mass is 234 g/mol. The van der Waals surface area contributed by atoms with Gasteiger partial charge in [-0.3, -0.25) is 0 Å². The van der Waals surface area contributed by atoms with Crippen LogP contribution in [-0.4, -0.2) is 18.7 Å². The second-order valence-corrected chi connectivity index (χ2v) is 4.66. The van der Waals surface area contributed by atoms with Gasteiger partial charge >= 0.3 is 5.97 Å². The molecule has 1 heterocycles. The molecule has 1 fully saturated rings. The van der Waals surface area contributed by atoms with Gasteiger partial charge in [0.05, 0.1) is 6.61 Å². The van der Waals surface area contributed by atoms with Crippen molar-refractivity contribution < 1.29 is 14.3 Å². The van der Waals surface area contributed by atoms with Crippen molar-refractivity contribution >= 4 is 5.97 Å². The maximum Gasteiger partial charge on any atom is 0.338 e. The van der Waals surface area contributed by atoms with Gasteiger partial charge in [-0.15, -0.1) is 0 Å². The van der Waals surface area contributed by atoms with Crippen LogP contribution in [0.25, 0.3) is 0 Å². The third-order valence-electron chi connectivity index (χ3n) is 3.39. The number of benzene rings is 1. The summed E-state index contributed by atoms with van der Waals surface area (Å²) in [4.78, 5) is 11.6. The summed E-state index contributed by atoms with van der Waals surface area (Å²) in [6.07, 6.45) is -0.454. The Balaban J connectivity index is 2.19. The molecule has 17 heavy (non-hydrogen) atoms. The molecule has 2 atom stereocenters. The molecule has 3 heteroatoms. The number of hydrogen-bond acceptors (Lipinski definition) is 3. The lowest BCUT2D eigenvalue weighted by atomic mass is 9.94. The molecule has 1 aromatic rings. The summed E-state index contributed by atoms with van der Waals surface area (Å²) < 4.78 is 10.5. The first kappa shape index (κ1) is 12.1. The van der Waals surface area contributed by atoms with Crippen molar-refractivity contribution in [3.8, 4) is 0 Å². The highest BCUT2D eigenvalue weighted by molar-refractivity contribution is 5.79. The van der Waals surface area contributed by atoms with Crippen LogP contribution in [0.5, 0.6) is 0 Å². The highest BCUT2D eigenvalue weighted by Gasteiger charge is 2.59. The minimum absolute atomic E-state index is 0.270. The molecule has 1 saturated heterocycles. The van der Waals surface area contributed by atoms with E-state index in [1.807, 2.05) is 13.0 Å². The van der Waals surface area contributed by atoms with Gasteiger partial charge in [0.1, 0.15) is 5.60 Å². The summed E-state index contributed by atoms with van der Waals surface area (Å²) in [6.45, 7) is 8.25. The first-order valence-corrected chi connectivity index (χ1v) is 5.91. The summed E-state index contributed by atoms with van der Waals surface area (Å²) in [6, 6.07) is 6.15. The summed E-state index contributed by atoms with van der Waals surface area (Å²) in [5, 5.41) is 0. The van der Waals surface area contributed by atoms with Crippen molar-refractivity contribution in [1.29, 1.82) is 0 Å². The molecule has 0 bridgehead atoms. The number of hydrogen-bond donors (Lipinski definition) is 0. The average Bonchev–Trinajstić information content (AvgIpc) is 2.97. The second kappa shape index (κ2) is 4.15. The second-order valence-electron chi connectivity index (χ2n) is 4.66. The highest BCUT2D eigenvalue weighted by Crippen LogP contribution is 2.46. The van der Waals surface area contributed by atoms with Crippen LogP contribution in [0.1, 0.15) is 30.5 Å². The van der Waals surface area contributed by atoms with E-state index in [-0.39, 0.29) is 5.97 Å². The lowest BCUT2D eigenvalue weighted by molar-refractivity contribution is -0.144. The van der Waals surface area contributed by atoms with Crippen LogP contribution in [0, 0.1) is 13.8 Å². The first-order chi connectivity index (χ1) is 7.99. The van der Waals surface area contributed by atoms with E-state index in [4.69, 9.17) is 9.47 Å². The highest BCUT2D eigenvalue weighted by atomic mass is 16.7. The third kappa shape index (κ3) is 2.07. The van der Waals surface area contributed by atoms with Crippen molar-refractivity contribution in [3.05, 3.63) is 34.9 Å². The zero-order valence-electron chi connectivity index (χ0n) is 10.7. The molecule has 0 aromatic heterocycles. The number of rotatable bonds is 3. The molecule has 1 aliphatic rings. The summed E-state index contributed by atoms with van der Waals surface area (Å²) >= 11 is 0. The quantitative estimate of drug-likeness (QED) is 0.595. The number of carbonyl (C=O) groups is 1. The fourth-order valence-corrected chi connectivity index (χ4v) is 1.97. The first-order valence-electron chi connectivity index (χ1n) is 5.91. The number of carbonyl (C=O) groups excluding carboxylic acids is 1. The topological polar surface area (TPSA) is 38.8 Å². The molecular formula is C14H18O3. The van der Waals surface area contributed by atoms with Crippen LogP contribution in [0.4, 0.5) is 0 Å². The van der Waals surface area contributed by atoms with E-state index in [9.17, 15) is 4.79 Å². The van der Waals surface area contributed by atoms with Crippen molar-refractivity contribution in [2.75, 3.05) is 6.61 Å². The van der Waals surface area contributed by atoms with Crippen LogP contribution in [-0.2, 0) is 19.9 Å². The molecule has 0 radical (unpaired) electrons. The molecule has 0 aliphatic carbocycles. The van der Waals surface area contributed by atoms with E-state index in [2.05, 4.69) is 26.0 Å². The van der Waals surface area contributed by atoms with Crippen molar-refractivity contribution in [2.45, 2.75) is 39.4 Å². The minimum Gasteiger partial charge on any atom is -0.464 e. The minimum atomic E-state index is -0.509. The van der Waals surface area contributed by atoms with Crippen molar-refractivity contribution in [1.82, 2.24) is 0 Å². The van der Waals surface area contributed by atoms with E-state index in [0.717, 1.165) is 5.56 Å². The zero-order valence-corrected chi connectivity index (χ0v) is 10.7. The van der Waals surface area contributed by atoms with Gasteiger partial charge < -0.3 is 9.47 Å². The maximum absolute atomic E-state index is 11.6. The Morgan fingerprint density at radius 2 is 2.12 bits per heavy atom. The Kier molecular flexibility index (Phi) is 2.96. The van der Waals surface area contributed by atoms with Crippen LogP contribution in [0.2, 0.25) is 0 Å². The molecule has 92 valence electrons. The lowest BCUT2D eigenvalue weighted by Crippen LogP contribution is -2.19. The lowest BCUT2D eigenvalue weighted by Gasteiger charge is -2.09. The summed E-state index contributed by atoms with van der Waals surface area (Å²) in [5.74, 6) is -0.270. The molecule has 0 spiro atoms. The average molecular weight is 234 g/mol. The van der Waals surface area contributed by atoms with Gasteiger partial charge in [-0.05, 0) is 44.4 Å². The maximum atomic E-state index is 11.6. The third-order valence-corrected chi connectivity index (χ3v) is 3.39. The molecule has 3 nitrogen and oxygen atoms in total. The van der Waals surface area contributed by atoms with Gasteiger partial charge in [0.2, 0.25) is 0 Å².